The van der Waals surface area contributed by atoms with E-state index in [1.165, 1.54) is 41.3 Å². The molecule has 2 saturated heterocycles. The van der Waals surface area contributed by atoms with E-state index < -0.39 is 5.67 Å². The lowest BCUT2D eigenvalue weighted by Crippen LogP contribution is -2.60. The normalized spacial score (nSPS) is 17.3. The van der Waals surface area contributed by atoms with Crippen LogP contribution in [-0.4, -0.2) is 75.3 Å². The van der Waals surface area contributed by atoms with Gasteiger partial charge in [0.2, 0.25) is 0 Å². The Balaban J connectivity index is 0.00000248. The Morgan fingerprint density at radius 3 is 2.39 bits per heavy atom. The first-order chi connectivity index (χ1) is 24.4. The highest BCUT2D eigenvalue weighted by Crippen LogP contribution is 2.44. The molecule has 51 heavy (non-hydrogen) atoms. The van der Waals surface area contributed by atoms with Gasteiger partial charge in [-0.15, -0.1) is 0 Å². The zero-order chi connectivity index (χ0) is 36.9. The smallest absolute Gasteiger partial charge is 0.139 e. The van der Waals surface area contributed by atoms with Gasteiger partial charge >= 0.3 is 0 Å². The summed E-state index contributed by atoms with van der Waals surface area (Å²) in [6.45, 7) is 26.8. The highest BCUT2D eigenvalue weighted by Gasteiger charge is 2.45. The van der Waals surface area contributed by atoms with Crippen molar-refractivity contribution in [3.8, 4) is 6.07 Å². The minimum absolute atomic E-state index is 0.321. The SMILES string of the molecule is CC.CCCN(CC(C)CC)C(C)Cn1c(C#N)cc2c(C)c(CN3CCC4(CC3)CN(c3ncnc5ccc(CC(C)(C)F)cc35)C4)ccc21. The molecule has 8 heteroatoms. The standard InChI is InChI=1S/C41H56FN7.C2H6/c1-8-16-47(23-29(3)9-2)30(4)24-49-34(22-43)20-35-31(5)33(11-13-38(35)49)25-46-17-14-41(15-18-46)26-48(27-41)39-36-19-32(21-40(6,7)42)10-12-37(36)44-28-45-39;1-2/h10-13,19-20,28-30H,8-9,14-18,21,23-27H2,1-7H3;1-2H3. The van der Waals surface area contributed by atoms with E-state index in [9.17, 15) is 9.65 Å². The molecule has 1 spiro atoms. The topological polar surface area (TPSA) is 64.2 Å². The van der Waals surface area contributed by atoms with Crippen LogP contribution in [0.5, 0.6) is 0 Å². The van der Waals surface area contributed by atoms with Gasteiger partial charge in [-0.2, -0.15) is 5.26 Å². The molecule has 276 valence electrons. The third-order valence-electron chi connectivity index (χ3n) is 11.4. The van der Waals surface area contributed by atoms with Gasteiger partial charge in [0.25, 0.3) is 0 Å². The van der Waals surface area contributed by atoms with E-state index in [1.54, 1.807) is 20.2 Å². The number of halogens is 1. The monoisotopic (exact) mass is 696 g/mol. The Hall–Kier alpha value is -3.54. The fourth-order valence-electron chi connectivity index (χ4n) is 8.26. The Labute approximate surface area is 306 Å². The van der Waals surface area contributed by atoms with E-state index in [4.69, 9.17) is 4.98 Å². The van der Waals surface area contributed by atoms with Crippen molar-refractivity contribution in [2.45, 2.75) is 119 Å². The number of anilines is 1. The minimum Gasteiger partial charge on any atom is -0.355 e. The van der Waals surface area contributed by atoms with Crippen molar-refractivity contribution < 1.29 is 4.39 Å². The van der Waals surface area contributed by atoms with Gasteiger partial charge in [0, 0.05) is 66.9 Å². The highest BCUT2D eigenvalue weighted by molar-refractivity contribution is 5.90. The molecule has 2 aliphatic rings. The van der Waals surface area contributed by atoms with Crippen LogP contribution in [0, 0.1) is 29.6 Å². The molecular weight excluding hydrogens is 634 g/mol. The van der Waals surface area contributed by atoms with E-state index in [0.29, 0.717) is 23.8 Å². The molecule has 2 aromatic carbocycles. The molecule has 4 heterocycles. The first-order valence-electron chi connectivity index (χ1n) is 19.6. The Bertz CT molecular complexity index is 1800. The zero-order valence-electron chi connectivity index (χ0n) is 32.9. The van der Waals surface area contributed by atoms with Crippen LogP contribution >= 0.6 is 0 Å². The number of alkyl halides is 1. The van der Waals surface area contributed by atoms with Crippen molar-refractivity contribution in [2.24, 2.45) is 11.3 Å². The second kappa shape index (κ2) is 16.4. The maximum atomic E-state index is 14.4. The van der Waals surface area contributed by atoms with E-state index in [1.807, 2.05) is 26.0 Å². The molecule has 0 amide bonds. The summed E-state index contributed by atoms with van der Waals surface area (Å²) in [5.41, 5.74) is 5.56. The van der Waals surface area contributed by atoms with Crippen LogP contribution < -0.4 is 4.90 Å². The number of hydrogen-bond acceptors (Lipinski definition) is 6. The fourth-order valence-corrected chi connectivity index (χ4v) is 8.26. The number of aromatic nitrogens is 3. The molecule has 0 aliphatic carbocycles. The van der Waals surface area contributed by atoms with Crippen LogP contribution in [0.15, 0.2) is 42.7 Å². The summed E-state index contributed by atoms with van der Waals surface area (Å²) in [5, 5.41) is 12.4. The number of benzene rings is 2. The number of fused-ring (bicyclic) bond motifs is 2. The summed E-state index contributed by atoms with van der Waals surface area (Å²) < 4.78 is 16.7. The van der Waals surface area contributed by atoms with Gasteiger partial charge in [-0.25, -0.2) is 14.4 Å². The van der Waals surface area contributed by atoms with Gasteiger partial charge in [0.1, 0.15) is 29.6 Å². The maximum Gasteiger partial charge on any atom is 0.139 e. The molecule has 0 N–H and O–H groups in total. The lowest BCUT2D eigenvalue weighted by atomic mass is 9.72. The van der Waals surface area contributed by atoms with Gasteiger partial charge in [0.15, 0.2) is 0 Å². The summed E-state index contributed by atoms with van der Waals surface area (Å²) in [6, 6.07) is 15.6. The van der Waals surface area contributed by atoms with Crippen LogP contribution in [0.2, 0.25) is 0 Å². The second-order valence-corrected chi connectivity index (χ2v) is 16.0. The molecule has 0 radical (unpaired) electrons. The Morgan fingerprint density at radius 2 is 1.75 bits per heavy atom. The van der Waals surface area contributed by atoms with Crippen molar-refractivity contribution in [3.05, 3.63) is 65.1 Å². The van der Waals surface area contributed by atoms with Gasteiger partial charge in [-0.3, -0.25) is 9.80 Å². The lowest BCUT2D eigenvalue weighted by Gasteiger charge is -2.54. The first kappa shape index (κ1) is 38.7. The zero-order valence-corrected chi connectivity index (χ0v) is 32.9. The summed E-state index contributed by atoms with van der Waals surface area (Å²) in [5.74, 6) is 1.64. The number of rotatable bonds is 13. The largest absolute Gasteiger partial charge is 0.355 e. The van der Waals surface area contributed by atoms with Gasteiger partial charge in [0.05, 0.1) is 5.52 Å². The van der Waals surface area contributed by atoms with Crippen molar-refractivity contribution in [1.82, 2.24) is 24.3 Å². The van der Waals surface area contributed by atoms with Gasteiger partial charge < -0.3 is 9.47 Å². The van der Waals surface area contributed by atoms with Crippen LogP contribution in [0.1, 0.15) is 103 Å². The molecule has 0 bridgehead atoms. The number of aryl methyl sites for hydroxylation is 1. The number of nitrogens with zero attached hydrogens (tertiary/aromatic N) is 7. The van der Waals surface area contributed by atoms with Crippen molar-refractivity contribution in [1.29, 1.82) is 5.26 Å². The quantitative estimate of drug-likeness (QED) is 0.139. The number of piperidine rings is 1. The van der Waals surface area contributed by atoms with Crippen LogP contribution in [0.4, 0.5) is 10.2 Å². The second-order valence-electron chi connectivity index (χ2n) is 16.0. The highest BCUT2D eigenvalue weighted by atomic mass is 19.1. The Kier molecular flexibility index (Phi) is 12.5. The van der Waals surface area contributed by atoms with Crippen molar-refractivity contribution in [2.75, 3.05) is 44.2 Å². The molecular formula is C43H62FN7. The average Bonchev–Trinajstić information content (AvgIpc) is 3.46. The molecule has 2 aliphatic heterocycles. The van der Waals surface area contributed by atoms with Gasteiger partial charge in [-0.05, 0) is 113 Å². The molecule has 2 atom stereocenters. The van der Waals surface area contributed by atoms with Gasteiger partial charge in [-0.1, -0.05) is 53.2 Å². The van der Waals surface area contributed by atoms with Crippen molar-refractivity contribution in [3.63, 3.8) is 0 Å². The molecule has 0 saturated carbocycles. The third kappa shape index (κ3) is 8.75. The summed E-state index contributed by atoms with van der Waals surface area (Å²) in [4.78, 5) is 16.8. The average molecular weight is 696 g/mol. The van der Waals surface area contributed by atoms with Crippen molar-refractivity contribution >= 4 is 27.6 Å². The minimum atomic E-state index is -1.25. The number of likely N-dealkylation sites (tertiary alicyclic amines) is 1. The summed E-state index contributed by atoms with van der Waals surface area (Å²) in [6.07, 6.45) is 6.71. The molecule has 6 rings (SSSR count). The lowest BCUT2D eigenvalue weighted by molar-refractivity contribution is 0.0720. The molecule has 7 nitrogen and oxygen atoms in total. The maximum absolute atomic E-state index is 14.4. The third-order valence-corrected chi connectivity index (χ3v) is 11.4. The first-order valence-corrected chi connectivity index (χ1v) is 19.6. The predicted molar refractivity (Wildman–Crippen MR) is 211 cm³/mol. The van der Waals surface area contributed by atoms with E-state index in [2.05, 4.69) is 89.2 Å². The van der Waals surface area contributed by atoms with Crippen LogP contribution in [0.25, 0.3) is 21.8 Å². The Morgan fingerprint density at radius 1 is 1.02 bits per heavy atom. The summed E-state index contributed by atoms with van der Waals surface area (Å²) >= 11 is 0. The predicted octanol–water partition coefficient (Wildman–Crippen LogP) is 9.33. The molecule has 2 unspecified atom stereocenters. The van der Waals surface area contributed by atoms with E-state index in [0.717, 1.165) is 86.8 Å². The number of hydrogen-bond donors (Lipinski definition) is 0. The molecule has 2 aromatic heterocycles. The molecule has 4 aromatic rings. The number of nitriles is 1. The molecule has 2 fully saturated rings. The fraction of sp³-hybridized carbons (Fsp3) is 0.605. The van der Waals surface area contributed by atoms with Crippen LogP contribution in [0.3, 0.4) is 0 Å². The van der Waals surface area contributed by atoms with E-state index >= 15 is 0 Å². The van der Waals surface area contributed by atoms with Crippen LogP contribution in [-0.2, 0) is 19.5 Å². The summed E-state index contributed by atoms with van der Waals surface area (Å²) in [7, 11) is 0. The van der Waals surface area contributed by atoms with E-state index in [-0.39, 0.29) is 0 Å².